The molecule has 0 aromatic heterocycles. The number of nitrogens with zero attached hydrogens (tertiary/aromatic N) is 1. The summed E-state index contributed by atoms with van der Waals surface area (Å²) in [5.74, 6) is -0.605. The van der Waals surface area contributed by atoms with Gasteiger partial charge in [-0.25, -0.2) is 4.39 Å². The van der Waals surface area contributed by atoms with E-state index < -0.39 is 5.82 Å². The number of rotatable bonds is 2. The summed E-state index contributed by atoms with van der Waals surface area (Å²) >= 11 is 5.89. The van der Waals surface area contributed by atoms with Gasteiger partial charge in [0.05, 0.1) is 10.6 Å². The second kappa shape index (κ2) is 5.70. The van der Waals surface area contributed by atoms with Crippen LogP contribution in [0.3, 0.4) is 0 Å². The van der Waals surface area contributed by atoms with Gasteiger partial charge in [-0.3, -0.25) is 9.59 Å². The van der Waals surface area contributed by atoms with Gasteiger partial charge in [0.15, 0.2) is 0 Å². The Bertz CT molecular complexity index is 518. The van der Waals surface area contributed by atoms with Crippen molar-refractivity contribution in [1.29, 1.82) is 0 Å². The summed E-state index contributed by atoms with van der Waals surface area (Å²) in [5, 5.41) is 0.106. The van der Waals surface area contributed by atoms with Gasteiger partial charge in [-0.2, -0.15) is 0 Å². The first kappa shape index (κ1) is 14.0. The van der Waals surface area contributed by atoms with Crippen LogP contribution in [0.2, 0.25) is 5.02 Å². The number of carbonyl (C=O) groups excluding carboxylic acids is 2. The summed E-state index contributed by atoms with van der Waals surface area (Å²) in [6, 6.07) is 3.73. The van der Waals surface area contributed by atoms with Crippen LogP contribution in [0.25, 0.3) is 0 Å². The number of halogens is 2. The van der Waals surface area contributed by atoms with Gasteiger partial charge in [-0.05, 0) is 24.6 Å². The minimum Gasteiger partial charge on any atom is -0.337 e. The maximum absolute atomic E-state index is 13.0. The Morgan fingerprint density at radius 1 is 1.53 bits per heavy atom. The van der Waals surface area contributed by atoms with Crippen LogP contribution in [0.4, 0.5) is 4.39 Å². The predicted octanol–water partition coefficient (Wildman–Crippen LogP) is 2.92. The molecule has 0 saturated carbocycles. The Morgan fingerprint density at radius 2 is 2.26 bits per heavy atom. The molecule has 1 fully saturated rings. The molecule has 0 spiro atoms. The highest BCUT2D eigenvalue weighted by Gasteiger charge is 2.29. The monoisotopic (exact) mass is 283 g/mol. The zero-order valence-electron chi connectivity index (χ0n) is 10.7. The lowest BCUT2D eigenvalue weighted by molar-refractivity contribution is -0.125. The SMILES string of the molecule is CCC1CN(C(=O)c2ccc(F)cc2Cl)CCC1=O. The van der Waals surface area contributed by atoms with E-state index in [0.29, 0.717) is 19.5 Å². The van der Waals surface area contributed by atoms with Crippen LogP contribution in [0, 0.1) is 11.7 Å². The number of hydrogen-bond donors (Lipinski definition) is 0. The minimum absolute atomic E-state index is 0.100. The number of likely N-dealkylation sites (tertiary alicyclic amines) is 1. The van der Waals surface area contributed by atoms with Gasteiger partial charge >= 0.3 is 0 Å². The summed E-state index contributed by atoms with van der Waals surface area (Å²) in [4.78, 5) is 25.6. The fourth-order valence-corrected chi connectivity index (χ4v) is 2.53. The molecule has 19 heavy (non-hydrogen) atoms. The van der Waals surface area contributed by atoms with Gasteiger partial charge < -0.3 is 4.90 Å². The molecule has 1 aromatic carbocycles. The van der Waals surface area contributed by atoms with E-state index in [0.717, 1.165) is 12.5 Å². The second-order valence-corrected chi connectivity index (χ2v) is 5.10. The lowest BCUT2D eigenvalue weighted by Crippen LogP contribution is -2.44. The lowest BCUT2D eigenvalue weighted by Gasteiger charge is -2.31. The summed E-state index contributed by atoms with van der Waals surface area (Å²) < 4.78 is 13.0. The van der Waals surface area contributed by atoms with Gasteiger partial charge in [-0.1, -0.05) is 18.5 Å². The van der Waals surface area contributed by atoms with Gasteiger partial charge in [0.25, 0.3) is 5.91 Å². The van der Waals surface area contributed by atoms with Crippen LogP contribution >= 0.6 is 11.6 Å². The minimum atomic E-state index is -0.471. The van der Waals surface area contributed by atoms with E-state index in [2.05, 4.69) is 0 Å². The largest absolute Gasteiger partial charge is 0.337 e. The number of amides is 1. The van der Waals surface area contributed by atoms with E-state index in [-0.39, 0.29) is 28.2 Å². The zero-order valence-corrected chi connectivity index (χ0v) is 11.4. The molecule has 5 heteroatoms. The standard InChI is InChI=1S/C14H15ClFNO2/c1-2-9-8-17(6-5-13(9)18)14(19)11-4-3-10(16)7-12(11)15/h3-4,7,9H,2,5-6,8H2,1H3. The number of carbonyl (C=O) groups is 2. The molecule has 1 heterocycles. The number of hydrogen-bond acceptors (Lipinski definition) is 2. The zero-order chi connectivity index (χ0) is 14.0. The molecule has 0 bridgehead atoms. The number of Topliss-reactive ketones (excluding diaryl/α,β-unsaturated/α-hetero) is 1. The molecular weight excluding hydrogens is 269 g/mol. The Labute approximate surface area is 116 Å². The molecule has 2 rings (SSSR count). The molecule has 1 aliphatic heterocycles. The van der Waals surface area contributed by atoms with Gasteiger partial charge in [-0.15, -0.1) is 0 Å². The first-order valence-electron chi connectivity index (χ1n) is 6.30. The molecule has 1 atom stereocenters. The third-order valence-corrected chi connectivity index (χ3v) is 3.78. The van der Waals surface area contributed by atoms with Crippen LogP contribution in [0.15, 0.2) is 18.2 Å². The average Bonchev–Trinajstić information content (AvgIpc) is 2.38. The first-order valence-corrected chi connectivity index (χ1v) is 6.67. The van der Waals surface area contributed by atoms with Crippen molar-refractivity contribution in [2.24, 2.45) is 5.92 Å². The molecule has 1 aliphatic rings. The van der Waals surface area contributed by atoms with Crippen molar-refractivity contribution in [3.8, 4) is 0 Å². The quantitative estimate of drug-likeness (QED) is 0.837. The van der Waals surface area contributed by atoms with Gasteiger partial charge in [0, 0.05) is 25.4 Å². The fourth-order valence-electron chi connectivity index (χ4n) is 2.28. The van der Waals surface area contributed by atoms with E-state index in [1.165, 1.54) is 12.1 Å². The molecule has 1 unspecified atom stereocenters. The molecule has 102 valence electrons. The Morgan fingerprint density at radius 3 is 2.89 bits per heavy atom. The van der Waals surface area contributed by atoms with E-state index >= 15 is 0 Å². The Balaban J connectivity index is 2.18. The van der Waals surface area contributed by atoms with E-state index in [1.54, 1.807) is 4.90 Å². The molecule has 0 radical (unpaired) electrons. The van der Waals surface area contributed by atoms with Crippen molar-refractivity contribution in [3.05, 3.63) is 34.6 Å². The molecule has 1 saturated heterocycles. The molecule has 0 aliphatic carbocycles. The highest BCUT2D eigenvalue weighted by Crippen LogP contribution is 2.22. The Hall–Kier alpha value is -1.42. The van der Waals surface area contributed by atoms with E-state index in [9.17, 15) is 14.0 Å². The molecule has 1 amide bonds. The molecule has 1 aromatic rings. The molecule has 3 nitrogen and oxygen atoms in total. The van der Waals surface area contributed by atoms with Crippen LogP contribution < -0.4 is 0 Å². The third-order valence-electron chi connectivity index (χ3n) is 3.47. The van der Waals surface area contributed by atoms with Crippen LogP contribution in [-0.2, 0) is 4.79 Å². The third kappa shape index (κ3) is 2.95. The van der Waals surface area contributed by atoms with Gasteiger partial charge in [0.1, 0.15) is 11.6 Å². The normalized spacial score (nSPS) is 19.6. The Kier molecular flexibility index (Phi) is 4.20. The summed E-state index contributed by atoms with van der Waals surface area (Å²) in [6.07, 6.45) is 1.10. The van der Waals surface area contributed by atoms with Crippen LogP contribution in [0.5, 0.6) is 0 Å². The molecule has 0 N–H and O–H groups in total. The highest BCUT2D eigenvalue weighted by atomic mass is 35.5. The van der Waals surface area contributed by atoms with Crippen LogP contribution in [-0.4, -0.2) is 29.7 Å². The van der Waals surface area contributed by atoms with E-state index in [4.69, 9.17) is 11.6 Å². The van der Waals surface area contributed by atoms with Crippen molar-refractivity contribution >= 4 is 23.3 Å². The first-order chi connectivity index (χ1) is 9.02. The highest BCUT2D eigenvalue weighted by molar-refractivity contribution is 6.33. The number of piperidine rings is 1. The average molecular weight is 284 g/mol. The summed E-state index contributed by atoms with van der Waals surface area (Å²) in [6.45, 7) is 2.76. The topological polar surface area (TPSA) is 37.4 Å². The maximum atomic E-state index is 13.0. The van der Waals surface area contributed by atoms with Gasteiger partial charge in [0.2, 0.25) is 0 Å². The molecular formula is C14H15ClFNO2. The van der Waals surface area contributed by atoms with Crippen molar-refractivity contribution in [2.45, 2.75) is 19.8 Å². The van der Waals surface area contributed by atoms with E-state index in [1.807, 2.05) is 6.92 Å². The van der Waals surface area contributed by atoms with Crippen molar-refractivity contribution in [3.63, 3.8) is 0 Å². The summed E-state index contributed by atoms with van der Waals surface area (Å²) in [5.41, 5.74) is 0.285. The fraction of sp³-hybridized carbons (Fsp3) is 0.429. The maximum Gasteiger partial charge on any atom is 0.255 e. The number of benzene rings is 1. The van der Waals surface area contributed by atoms with Crippen LogP contribution in [0.1, 0.15) is 30.1 Å². The number of ketones is 1. The lowest BCUT2D eigenvalue weighted by atomic mass is 9.93. The van der Waals surface area contributed by atoms with Crippen molar-refractivity contribution < 1.29 is 14.0 Å². The van der Waals surface area contributed by atoms with Crippen molar-refractivity contribution in [2.75, 3.05) is 13.1 Å². The smallest absolute Gasteiger partial charge is 0.255 e. The summed E-state index contributed by atoms with van der Waals surface area (Å²) in [7, 11) is 0. The predicted molar refractivity (Wildman–Crippen MR) is 70.7 cm³/mol. The second-order valence-electron chi connectivity index (χ2n) is 4.70. The van der Waals surface area contributed by atoms with Crippen molar-refractivity contribution in [1.82, 2.24) is 4.90 Å².